The molecule has 23 heavy (non-hydrogen) atoms. The molecule has 1 aromatic rings. The van der Waals surface area contributed by atoms with E-state index in [1.807, 2.05) is 0 Å². The lowest BCUT2D eigenvalue weighted by Gasteiger charge is -2.22. The normalized spacial score (nSPS) is 14.9. The van der Waals surface area contributed by atoms with Crippen molar-refractivity contribution in [3.8, 4) is 0 Å². The molecule has 1 aromatic carbocycles. The average molecular weight is 317 g/mol. The van der Waals surface area contributed by atoms with Crippen LogP contribution in [0.1, 0.15) is 37.7 Å². The number of carbonyl (C=O) groups is 2. The summed E-state index contributed by atoms with van der Waals surface area (Å²) in [6, 6.07) is 8.73. The van der Waals surface area contributed by atoms with Crippen molar-refractivity contribution in [1.82, 2.24) is 10.6 Å². The lowest BCUT2D eigenvalue weighted by molar-refractivity contribution is -0.138. The molecule has 5 heteroatoms. The SMILES string of the molecule is CNC(=O)C(=O)NCCCc1ccc(N2CCCCCC2)cc1. The van der Waals surface area contributed by atoms with Crippen LogP contribution >= 0.6 is 0 Å². The van der Waals surface area contributed by atoms with Gasteiger partial charge in [-0.05, 0) is 43.4 Å². The molecule has 0 saturated carbocycles. The molecule has 1 aliphatic rings. The molecule has 0 aliphatic carbocycles. The molecule has 0 aromatic heterocycles. The summed E-state index contributed by atoms with van der Waals surface area (Å²) < 4.78 is 0. The Morgan fingerprint density at radius 1 is 1.00 bits per heavy atom. The van der Waals surface area contributed by atoms with Crippen LogP contribution in [0, 0.1) is 0 Å². The van der Waals surface area contributed by atoms with Crippen LogP contribution in [0.15, 0.2) is 24.3 Å². The first-order valence-corrected chi connectivity index (χ1v) is 8.54. The number of rotatable bonds is 5. The van der Waals surface area contributed by atoms with Gasteiger partial charge in [-0.2, -0.15) is 0 Å². The van der Waals surface area contributed by atoms with Crippen LogP contribution in [0.25, 0.3) is 0 Å². The summed E-state index contributed by atoms with van der Waals surface area (Å²) >= 11 is 0. The van der Waals surface area contributed by atoms with E-state index in [0.29, 0.717) is 6.54 Å². The van der Waals surface area contributed by atoms with E-state index in [9.17, 15) is 9.59 Å². The number of hydrogen-bond acceptors (Lipinski definition) is 3. The quantitative estimate of drug-likeness (QED) is 0.644. The van der Waals surface area contributed by atoms with Crippen molar-refractivity contribution < 1.29 is 9.59 Å². The molecule has 2 amide bonds. The van der Waals surface area contributed by atoms with Crippen molar-refractivity contribution in [1.29, 1.82) is 0 Å². The van der Waals surface area contributed by atoms with E-state index in [4.69, 9.17) is 0 Å². The monoisotopic (exact) mass is 317 g/mol. The lowest BCUT2D eigenvalue weighted by atomic mass is 10.1. The number of hydrogen-bond donors (Lipinski definition) is 2. The third-order valence-electron chi connectivity index (χ3n) is 4.27. The number of amides is 2. The van der Waals surface area contributed by atoms with Crippen molar-refractivity contribution in [3.05, 3.63) is 29.8 Å². The molecule has 0 unspecified atom stereocenters. The Morgan fingerprint density at radius 2 is 1.65 bits per heavy atom. The lowest BCUT2D eigenvalue weighted by Crippen LogP contribution is -2.38. The Bertz CT molecular complexity index is 506. The van der Waals surface area contributed by atoms with Crippen molar-refractivity contribution >= 4 is 17.5 Å². The fourth-order valence-electron chi connectivity index (χ4n) is 2.89. The molecule has 1 heterocycles. The maximum atomic E-state index is 11.3. The van der Waals surface area contributed by atoms with E-state index >= 15 is 0 Å². The van der Waals surface area contributed by atoms with Gasteiger partial charge in [0, 0.05) is 32.4 Å². The van der Waals surface area contributed by atoms with Crippen molar-refractivity contribution in [2.24, 2.45) is 0 Å². The average Bonchev–Trinajstić information content (AvgIpc) is 2.87. The first-order chi connectivity index (χ1) is 11.2. The molecule has 5 nitrogen and oxygen atoms in total. The van der Waals surface area contributed by atoms with Gasteiger partial charge < -0.3 is 15.5 Å². The fraction of sp³-hybridized carbons (Fsp3) is 0.556. The summed E-state index contributed by atoms with van der Waals surface area (Å²) in [5, 5.41) is 4.92. The maximum absolute atomic E-state index is 11.3. The molecule has 0 bridgehead atoms. The number of aryl methyl sites for hydroxylation is 1. The first kappa shape index (κ1) is 17.3. The van der Waals surface area contributed by atoms with Crippen molar-refractivity contribution in [2.75, 3.05) is 31.6 Å². The number of benzene rings is 1. The van der Waals surface area contributed by atoms with Crippen LogP contribution in [0.3, 0.4) is 0 Å². The van der Waals surface area contributed by atoms with Crippen LogP contribution in [0.2, 0.25) is 0 Å². The Kier molecular flexibility index (Phi) is 6.91. The number of nitrogens with zero attached hydrogens (tertiary/aromatic N) is 1. The van der Waals surface area contributed by atoms with E-state index in [1.54, 1.807) is 0 Å². The summed E-state index contributed by atoms with van der Waals surface area (Å²) in [6.45, 7) is 2.83. The summed E-state index contributed by atoms with van der Waals surface area (Å²) in [4.78, 5) is 24.8. The second kappa shape index (κ2) is 9.18. The molecule has 0 spiro atoms. The largest absolute Gasteiger partial charge is 0.372 e. The van der Waals surface area contributed by atoms with Gasteiger partial charge in [0.1, 0.15) is 0 Å². The fourth-order valence-corrected chi connectivity index (χ4v) is 2.89. The van der Waals surface area contributed by atoms with Crippen LogP contribution < -0.4 is 15.5 Å². The Hall–Kier alpha value is -2.04. The highest BCUT2D eigenvalue weighted by Gasteiger charge is 2.10. The maximum Gasteiger partial charge on any atom is 0.309 e. The second-order valence-electron chi connectivity index (χ2n) is 6.01. The van der Waals surface area contributed by atoms with Crippen LogP contribution in [-0.4, -0.2) is 38.5 Å². The Labute approximate surface area is 138 Å². The third-order valence-corrected chi connectivity index (χ3v) is 4.27. The van der Waals surface area contributed by atoms with Crippen LogP contribution in [0.4, 0.5) is 5.69 Å². The highest BCUT2D eigenvalue weighted by atomic mass is 16.2. The van der Waals surface area contributed by atoms with E-state index in [2.05, 4.69) is 39.8 Å². The standard InChI is InChI=1S/C18H27N3O2/c1-19-17(22)18(23)20-12-6-7-15-8-10-16(11-9-15)21-13-4-2-3-5-14-21/h8-11H,2-7,12-14H2,1H3,(H,19,22)(H,20,23). The van der Waals surface area contributed by atoms with Gasteiger partial charge in [-0.15, -0.1) is 0 Å². The van der Waals surface area contributed by atoms with Gasteiger partial charge in [-0.25, -0.2) is 0 Å². The van der Waals surface area contributed by atoms with E-state index < -0.39 is 11.8 Å². The van der Waals surface area contributed by atoms with E-state index in [0.717, 1.165) is 25.9 Å². The number of anilines is 1. The van der Waals surface area contributed by atoms with Gasteiger partial charge in [0.2, 0.25) is 0 Å². The second-order valence-corrected chi connectivity index (χ2v) is 6.01. The predicted molar refractivity (Wildman–Crippen MR) is 92.5 cm³/mol. The molecule has 1 saturated heterocycles. The number of likely N-dealkylation sites (N-methyl/N-ethyl adjacent to an activating group) is 1. The molecular weight excluding hydrogens is 290 g/mol. The predicted octanol–water partition coefficient (Wildman–Crippen LogP) is 1.86. The van der Waals surface area contributed by atoms with Gasteiger partial charge in [0.05, 0.1) is 0 Å². The molecule has 1 fully saturated rings. The van der Waals surface area contributed by atoms with Crippen LogP contribution in [0.5, 0.6) is 0 Å². The van der Waals surface area contributed by atoms with E-state index in [-0.39, 0.29) is 0 Å². The summed E-state index contributed by atoms with van der Waals surface area (Å²) in [5.41, 5.74) is 2.57. The van der Waals surface area contributed by atoms with Crippen molar-refractivity contribution in [2.45, 2.75) is 38.5 Å². The first-order valence-electron chi connectivity index (χ1n) is 8.54. The zero-order valence-electron chi connectivity index (χ0n) is 13.9. The molecule has 2 N–H and O–H groups in total. The minimum Gasteiger partial charge on any atom is -0.372 e. The van der Waals surface area contributed by atoms with Crippen molar-refractivity contribution in [3.63, 3.8) is 0 Å². The van der Waals surface area contributed by atoms with Gasteiger partial charge in [0.25, 0.3) is 0 Å². The Balaban J connectivity index is 1.74. The molecule has 1 aliphatic heterocycles. The smallest absolute Gasteiger partial charge is 0.309 e. The summed E-state index contributed by atoms with van der Waals surface area (Å²) in [6.07, 6.45) is 6.98. The highest BCUT2D eigenvalue weighted by molar-refractivity contribution is 6.34. The molecule has 0 radical (unpaired) electrons. The third kappa shape index (κ3) is 5.58. The minimum absolute atomic E-state index is 0.514. The minimum atomic E-state index is -0.591. The summed E-state index contributed by atoms with van der Waals surface area (Å²) in [7, 11) is 1.45. The zero-order chi connectivity index (χ0) is 16.5. The molecule has 2 rings (SSSR count). The topological polar surface area (TPSA) is 61.4 Å². The Morgan fingerprint density at radius 3 is 2.26 bits per heavy atom. The molecule has 126 valence electrons. The van der Waals surface area contributed by atoms with Gasteiger partial charge in [-0.1, -0.05) is 25.0 Å². The van der Waals surface area contributed by atoms with Gasteiger partial charge >= 0.3 is 11.8 Å². The number of nitrogens with one attached hydrogen (secondary N) is 2. The highest BCUT2D eigenvalue weighted by Crippen LogP contribution is 2.20. The molecule has 0 atom stereocenters. The van der Waals surface area contributed by atoms with E-state index in [1.165, 1.54) is 44.0 Å². The van der Waals surface area contributed by atoms with Crippen LogP contribution in [-0.2, 0) is 16.0 Å². The summed E-state index contributed by atoms with van der Waals surface area (Å²) in [5.74, 6) is -1.16. The molecular formula is C18H27N3O2. The number of carbonyl (C=O) groups excluding carboxylic acids is 2. The zero-order valence-corrected chi connectivity index (χ0v) is 13.9. The van der Waals surface area contributed by atoms with Gasteiger partial charge in [-0.3, -0.25) is 9.59 Å². The van der Waals surface area contributed by atoms with Gasteiger partial charge in [0.15, 0.2) is 0 Å².